The van der Waals surface area contributed by atoms with Gasteiger partial charge in [0.1, 0.15) is 18.1 Å². The maximum Gasteiger partial charge on any atom is 0.255 e. The second-order valence-electron chi connectivity index (χ2n) is 5.17. The van der Waals surface area contributed by atoms with Gasteiger partial charge in [0.15, 0.2) is 0 Å². The Morgan fingerprint density at radius 2 is 2.04 bits per heavy atom. The molecule has 2 heterocycles. The Balaban J connectivity index is 1.93. The van der Waals surface area contributed by atoms with Gasteiger partial charge in [0, 0.05) is 18.1 Å². The lowest BCUT2D eigenvalue weighted by Crippen LogP contribution is -2.29. The largest absolute Gasteiger partial charge is 0.467 e. The SMILES string of the molecule is Cc1ccc(C(NC(=O)c2cncnc2)c2ccco2)cc1N. The molecule has 0 saturated heterocycles. The molecule has 0 bridgehead atoms. The maximum atomic E-state index is 12.4. The number of rotatable bonds is 4. The van der Waals surface area contributed by atoms with Crippen molar-refractivity contribution in [1.82, 2.24) is 15.3 Å². The fourth-order valence-electron chi connectivity index (χ4n) is 2.24. The van der Waals surface area contributed by atoms with Crippen molar-refractivity contribution < 1.29 is 9.21 Å². The molecule has 0 aliphatic carbocycles. The van der Waals surface area contributed by atoms with Crippen LogP contribution in [-0.4, -0.2) is 15.9 Å². The number of nitrogen functional groups attached to an aromatic ring is 1. The number of aryl methyl sites for hydroxylation is 1. The lowest BCUT2D eigenvalue weighted by Gasteiger charge is -2.18. The lowest BCUT2D eigenvalue weighted by atomic mass is 10.0. The third-order valence-electron chi connectivity index (χ3n) is 3.56. The van der Waals surface area contributed by atoms with Crippen molar-refractivity contribution in [3.8, 4) is 0 Å². The van der Waals surface area contributed by atoms with Gasteiger partial charge in [0.25, 0.3) is 5.91 Å². The van der Waals surface area contributed by atoms with Gasteiger partial charge in [-0.15, -0.1) is 0 Å². The van der Waals surface area contributed by atoms with Crippen LogP contribution in [0.5, 0.6) is 0 Å². The summed E-state index contributed by atoms with van der Waals surface area (Å²) in [6.07, 6.45) is 5.87. The van der Waals surface area contributed by atoms with Crippen LogP contribution >= 0.6 is 0 Å². The zero-order chi connectivity index (χ0) is 16.2. The van der Waals surface area contributed by atoms with Crippen LogP contribution in [0.25, 0.3) is 0 Å². The molecule has 0 spiro atoms. The highest BCUT2D eigenvalue weighted by molar-refractivity contribution is 5.94. The standard InChI is InChI=1S/C17H16N4O2/c1-11-4-5-12(7-14(11)18)16(15-3-2-6-23-15)21-17(22)13-8-19-10-20-9-13/h2-10,16H,18H2,1H3,(H,21,22). The number of amides is 1. The third-order valence-corrected chi connectivity index (χ3v) is 3.56. The van der Waals surface area contributed by atoms with Gasteiger partial charge in [-0.2, -0.15) is 0 Å². The number of nitrogens with zero attached hydrogens (tertiary/aromatic N) is 2. The Hall–Kier alpha value is -3.15. The Bertz CT molecular complexity index is 801. The second kappa shape index (κ2) is 6.31. The van der Waals surface area contributed by atoms with Gasteiger partial charge >= 0.3 is 0 Å². The predicted octanol–water partition coefficient (Wildman–Crippen LogP) is 2.48. The highest BCUT2D eigenvalue weighted by Crippen LogP contribution is 2.26. The molecule has 1 atom stereocenters. The van der Waals surface area contributed by atoms with Crippen molar-refractivity contribution in [3.63, 3.8) is 0 Å². The molecule has 3 N–H and O–H groups in total. The van der Waals surface area contributed by atoms with E-state index >= 15 is 0 Å². The van der Waals surface area contributed by atoms with E-state index in [1.165, 1.54) is 18.7 Å². The number of anilines is 1. The summed E-state index contributed by atoms with van der Waals surface area (Å²) in [5.41, 5.74) is 8.85. The van der Waals surface area contributed by atoms with E-state index in [0.717, 1.165) is 11.1 Å². The molecule has 0 radical (unpaired) electrons. The zero-order valence-electron chi connectivity index (χ0n) is 12.6. The molecular weight excluding hydrogens is 292 g/mol. The fraction of sp³-hybridized carbons (Fsp3) is 0.118. The van der Waals surface area contributed by atoms with E-state index in [4.69, 9.17) is 10.2 Å². The summed E-state index contributed by atoms with van der Waals surface area (Å²) in [5, 5.41) is 2.93. The zero-order valence-corrected chi connectivity index (χ0v) is 12.6. The van der Waals surface area contributed by atoms with Crippen LogP contribution in [0.2, 0.25) is 0 Å². The molecule has 1 aromatic carbocycles. The first-order valence-corrected chi connectivity index (χ1v) is 7.10. The molecule has 0 saturated carbocycles. The summed E-state index contributed by atoms with van der Waals surface area (Å²) >= 11 is 0. The van der Waals surface area contributed by atoms with E-state index in [1.54, 1.807) is 12.3 Å². The highest BCUT2D eigenvalue weighted by Gasteiger charge is 2.21. The molecule has 3 aromatic rings. The maximum absolute atomic E-state index is 12.4. The third kappa shape index (κ3) is 3.21. The van der Waals surface area contributed by atoms with Crippen LogP contribution in [-0.2, 0) is 0 Å². The van der Waals surface area contributed by atoms with Crippen molar-refractivity contribution in [2.45, 2.75) is 13.0 Å². The topological polar surface area (TPSA) is 94.0 Å². The average molecular weight is 308 g/mol. The molecule has 0 aliphatic rings. The van der Waals surface area contributed by atoms with Gasteiger partial charge in [-0.05, 0) is 36.2 Å². The van der Waals surface area contributed by atoms with Crippen LogP contribution in [0.1, 0.15) is 33.3 Å². The molecule has 3 rings (SSSR count). The molecule has 0 fully saturated rings. The number of benzene rings is 1. The molecular formula is C17H16N4O2. The van der Waals surface area contributed by atoms with E-state index in [-0.39, 0.29) is 5.91 Å². The summed E-state index contributed by atoms with van der Waals surface area (Å²) in [5.74, 6) is 0.338. The first-order valence-electron chi connectivity index (χ1n) is 7.10. The predicted molar refractivity (Wildman–Crippen MR) is 85.6 cm³/mol. The van der Waals surface area contributed by atoms with E-state index in [0.29, 0.717) is 17.0 Å². The van der Waals surface area contributed by atoms with Crippen molar-refractivity contribution in [2.24, 2.45) is 0 Å². The summed E-state index contributed by atoms with van der Waals surface area (Å²) in [6.45, 7) is 1.93. The van der Waals surface area contributed by atoms with Gasteiger partial charge in [-0.3, -0.25) is 4.79 Å². The quantitative estimate of drug-likeness (QED) is 0.722. The minimum absolute atomic E-state index is 0.286. The first-order chi connectivity index (χ1) is 11.1. The number of carbonyl (C=O) groups is 1. The van der Waals surface area contributed by atoms with E-state index in [2.05, 4.69) is 15.3 Å². The lowest BCUT2D eigenvalue weighted by molar-refractivity contribution is 0.0938. The Kier molecular flexibility index (Phi) is 4.05. The summed E-state index contributed by atoms with van der Waals surface area (Å²) in [4.78, 5) is 20.1. The van der Waals surface area contributed by atoms with E-state index < -0.39 is 6.04 Å². The number of carbonyl (C=O) groups excluding carboxylic acids is 1. The smallest absolute Gasteiger partial charge is 0.255 e. The van der Waals surface area contributed by atoms with Crippen LogP contribution in [0.15, 0.2) is 59.7 Å². The molecule has 23 heavy (non-hydrogen) atoms. The number of hydrogen-bond acceptors (Lipinski definition) is 5. The minimum Gasteiger partial charge on any atom is -0.467 e. The summed E-state index contributed by atoms with van der Waals surface area (Å²) < 4.78 is 5.47. The minimum atomic E-state index is -0.444. The Labute approximate surface area is 133 Å². The molecule has 6 heteroatoms. The van der Waals surface area contributed by atoms with Crippen molar-refractivity contribution >= 4 is 11.6 Å². The van der Waals surface area contributed by atoms with Gasteiger partial charge in [0.05, 0.1) is 11.8 Å². The monoisotopic (exact) mass is 308 g/mol. The molecule has 1 amide bonds. The summed E-state index contributed by atoms with van der Waals surface area (Å²) in [7, 11) is 0. The number of nitrogens with one attached hydrogen (secondary N) is 1. The first kappa shape index (κ1) is 14.8. The molecule has 0 aliphatic heterocycles. The molecule has 2 aromatic heterocycles. The van der Waals surface area contributed by atoms with Gasteiger partial charge in [0.2, 0.25) is 0 Å². The van der Waals surface area contributed by atoms with Crippen LogP contribution in [0.4, 0.5) is 5.69 Å². The Morgan fingerprint density at radius 1 is 1.26 bits per heavy atom. The number of aromatic nitrogens is 2. The van der Waals surface area contributed by atoms with Crippen LogP contribution in [0.3, 0.4) is 0 Å². The van der Waals surface area contributed by atoms with E-state index in [1.807, 2.05) is 31.2 Å². The molecule has 1 unspecified atom stereocenters. The highest BCUT2D eigenvalue weighted by atomic mass is 16.3. The normalized spacial score (nSPS) is 11.9. The van der Waals surface area contributed by atoms with Crippen molar-refractivity contribution in [2.75, 3.05) is 5.73 Å². The van der Waals surface area contributed by atoms with Crippen LogP contribution < -0.4 is 11.1 Å². The Morgan fingerprint density at radius 3 is 2.70 bits per heavy atom. The number of hydrogen-bond donors (Lipinski definition) is 2. The molecule has 116 valence electrons. The van der Waals surface area contributed by atoms with E-state index in [9.17, 15) is 4.79 Å². The summed E-state index contributed by atoms with van der Waals surface area (Å²) in [6, 6.07) is 8.81. The van der Waals surface area contributed by atoms with Gasteiger partial charge < -0.3 is 15.5 Å². The van der Waals surface area contributed by atoms with Crippen LogP contribution in [0, 0.1) is 6.92 Å². The van der Waals surface area contributed by atoms with Gasteiger partial charge in [-0.1, -0.05) is 12.1 Å². The molecule has 6 nitrogen and oxygen atoms in total. The van der Waals surface area contributed by atoms with Gasteiger partial charge in [-0.25, -0.2) is 9.97 Å². The average Bonchev–Trinajstić information content (AvgIpc) is 3.10. The number of nitrogens with two attached hydrogens (primary N) is 1. The fourth-order valence-corrected chi connectivity index (χ4v) is 2.24. The number of furan rings is 1. The van der Waals surface area contributed by atoms with Crippen molar-refractivity contribution in [3.05, 3.63) is 77.8 Å². The second-order valence-corrected chi connectivity index (χ2v) is 5.17. The van der Waals surface area contributed by atoms with Crippen molar-refractivity contribution in [1.29, 1.82) is 0 Å².